The first-order chi connectivity index (χ1) is 20.7. The van der Waals surface area contributed by atoms with E-state index in [-0.39, 0.29) is 35.1 Å². The Morgan fingerprint density at radius 3 is 2.53 bits per heavy atom. The Balaban J connectivity index is 1.23. The van der Waals surface area contributed by atoms with Crippen LogP contribution in [0.25, 0.3) is 11.3 Å². The molecular weight excluding hydrogens is 569 g/mol. The minimum absolute atomic E-state index is 0.0346. The van der Waals surface area contributed by atoms with Crippen molar-refractivity contribution in [1.29, 1.82) is 0 Å². The number of anilines is 3. The number of benzene rings is 1. The minimum atomic E-state index is -0.785. The van der Waals surface area contributed by atoms with Gasteiger partial charge in [0.15, 0.2) is 5.82 Å². The van der Waals surface area contributed by atoms with E-state index in [4.69, 9.17) is 0 Å². The van der Waals surface area contributed by atoms with E-state index in [1.165, 1.54) is 44.7 Å². The van der Waals surface area contributed by atoms with Crippen molar-refractivity contribution in [3.05, 3.63) is 85.8 Å². The molecule has 1 aliphatic heterocycles. The molecule has 2 aliphatic rings. The van der Waals surface area contributed by atoms with Crippen LogP contribution in [0.1, 0.15) is 44.6 Å². The molecule has 0 spiro atoms. The van der Waals surface area contributed by atoms with E-state index < -0.39 is 5.95 Å². The van der Waals surface area contributed by atoms with Gasteiger partial charge in [-0.1, -0.05) is 12.1 Å². The van der Waals surface area contributed by atoms with Crippen LogP contribution in [0.5, 0.6) is 0 Å². The zero-order valence-corrected chi connectivity index (χ0v) is 25.0. The highest BCUT2D eigenvalue weighted by atomic mass is 32.1. The zero-order valence-electron chi connectivity index (χ0n) is 24.2. The first-order valence-electron chi connectivity index (χ1n) is 14.2. The Morgan fingerprint density at radius 2 is 1.77 bits per heavy atom. The third kappa shape index (κ3) is 5.93. The topological polar surface area (TPSA) is 112 Å². The van der Waals surface area contributed by atoms with Crippen molar-refractivity contribution in [2.45, 2.75) is 31.7 Å². The van der Waals surface area contributed by atoms with Crippen LogP contribution in [-0.2, 0) is 24.7 Å². The molecule has 1 unspecified atom stereocenters. The molecular formula is C31H32FN7O3S. The number of carbonyl (C=O) groups excluding carboxylic acids is 2. The van der Waals surface area contributed by atoms with Gasteiger partial charge >= 0.3 is 0 Å². The van der Waals surface area contributed by atoms with E-state index in [9.17, 15) is 18.8 Å². The second-order valence-corrected chi connectivity index (χ2v) is 12.2. The number of amides is 2. The number of hydrogen-bond acceptors (Lipinski definition) is 8. The number of aromatic nitrogens is 3. The molecule has 1 fully saturated rings. The SMILES string of the molecule is CN1CCN(C)C(c2ccc(Nc3nc(-c4cc(F)nc(NC(=O)c5cc6c(s5)CCCC6)c4)cn(C)c3=O)cc2)C1=O. The fourth-order valence-corrected chi connectivity index (χ4v) is 6.69. The second-order valence-electron chi connectivity index (χ2n) is 11.1. The van der Waals surface area contributed by atoms with Crippen LogP contribution in [0, 0.1) is 5.95 Å². The van der Waals surface area contributed by atoms with E-state index in [2.05, 4.69) is 20.6 Å². The molecule has 0 saturated carbocycles. The van der Waals surface area contributed by atoms with E-state index in [0.29, 0.717) is 28.4 Å². The van der Waals surface area contributed by atoms with E-state index in [1.54, 1.807) is 31.1 Å². The number of likely N-dealkylation sites (N-methyl/N-ethyl adjacent to an activating group) is 2. The van der Waals surface area contributed by atoms with E-state index in [1.807, 2.05) is 30.1 Å². The largest absolute Gasteiger partial charge is 0.343 e. The van der Waals surface area contributed by atoms with Crippen LogP contribution in [0.4, 0.5) is 21.7 Å². The standard InChI is InChI=1S/C31H32FN7O3S/c1-37-12-13-38(2)30(41)27(37)18-8-10-21(11-9-18)33-28-31(42)39(3)17-22(34-28)20-15-25(32)35-26(16-20)36-29(40)24-14-19-6-4-5-7-23(19)43-24/h8-11,14-17,27H,4-7,12-13H2,1-3H3,(H,33,34)(H,35,36,40). The summed E-state index contributed by atoms with van der Waals surface area (Å²) in [5.74, 6) is -0.986. The lowest BCUT2D eigenvalue weighted by atomic mass is 9.99. The summed E-state index contributed by atoms with van der Waals surface area (Å²) in [5, 5.41) is 5.78. The number of fused-ring (bicyclic) bond motifs is 1. The summed E-state index contributed by atoms with van der Waals surface area (Å²) in [5.41, 5.74) is 2.97. The van der Waals surface area contributed by atoms with Crippen LogP contribution in [0.2, 0.25) is 0 Å². The van der Waals surface area contributed by atoms with Gasteiger partial charge in [-0.05, 0) is 68.1 Å². The number of thiophene rings is 1. The quantitative estimate of drug-likeness (QED) is 0.316. The van der Waals surface area contributed by atoms with Gasteiger partial charge in [0.05, 0.1) is 10.6 Å². The monoisotopic (exact) mass is 601 g/mol. The highest BCUT2D eigenvalue weighted by Crippen LogP contribution is 2.31. The van der Waals surface area contributed by atoms with E-state index in [0.717, 1.165) is 37.8 Å². The summed E-state index contributed by atoms with van der Waals surface area (Å²) < 4.78 is 16.0. The Morgan fingerprint density at radius 1 is 1.00 bits per heavy atom. The van der Waals surface area contributed by atoms with Crippen LogP contribution in [0.15, 0.2) is 53.5 Å². The summed E-state index contributed by atoms with van der Waals surface area (Å²) in [4.78, 5) is 52.6. The Hall–Kier alpha value is -4.42. The molecule has 1 atom stereocenters. The van der Waals surface area contributed by atoms with Gasteiger partial charge in [0.1, 0.15) is 11.9 Å². The van der Waals surface area contributed by atoms with Crippen molar-refractivity contribution in [2.75, 3.05) is 37.8 Å². The molecule has 2 N–H and O–H groups in total. The molecule has 4 heterocycles. The predicted molar refractivity (Wildman–Crippen MR) is 164 cm³/mol. The third-order valence-electron chi connectivity index (χ3n) is 7.95. The van der Waals surface area contributed by atoms with Crippen molar-refractivity contribution < 1.29 is 14.0 Å². The number of piperazine rings is 1. The molecule has 1 aromatic carbocycles. The molecule has 6 rings (SSSR count). The maximum absolute atomic E-state index is 14.6. The van der Waals surface area contributed by atoms with Gasteiger partial charge in [-0.15, -0.1) is 11.3 Å². The van der Waals surface area contributed by atoms with Gasteiger partial charge in [-0.3, -0.25) is 19.3 Å². The Kier molecular flexibility index (Phi) is 7.80. The highest BCUT2D eigenvalue weighted by molar-refractivity contribution is 7.14. The number of nitrogens with zero attached hydrogens (tertiary/aromatic N) is 5. The second kappa shape index (κ2) is 11.7. The van der Waals surface area contributed by atoms with Crippen molar-refractivity contribution in [1.82, 2.24) is 24.3 Å². The summed E-state index contributed by atoms with van der Waals surface area (Å²) in [6, 6.07) is 11.6. The summed E-state index contributed by atoms with van der Waals surface area (Å²) in [6.07, 6.45) is 5.69. The van der Waals surface area contributed by atoms with Crippen molar-refractivity contribution >= 4 is 40.5 Å². The fourth-order valence-electron chi connectivity index (χ4n) is 5.54. The lowest BCUT2D eigenvalue weighted by molar-refractivity contribution is -0.139. The number of pyridine rings is 1. The molecule has 4 aromatic rings. The number of carbonyl (C=O) groups is 2. The minimum Gasteiger partial charge on any atom is -0.343 e. The smallest absolute Gasteiger partial charge is 0.293 e. The predicted octanol–water partition coefficient (Wildman–Crippen LogP) is 4.36. The molecule has 3 aromatic heterocycles. The lowest BCUT2D eigenvalue weighted by Crippen LogP contribution is -2.48. The van der Waals surface area contributed by atoms with Crippen molar-refractivity contribution in [3.63, 3.8) is 0 Å². The Labute approximate surface area is 252 Å². The van der Waals surface area contributed by atoms with E-state index >= 15 is 0 Å². The summed E-state index contributed by atoms with van der Waals surface area (Å²) >= 11 is 1.47. The summed E-state index contributed by atoms with van der Waals surface area (Å²) in [6.45, 7) is 1.46. The molecule has 0 radical (unpaired) electrons. The van der Waals surface area contributed by atoms with Gasteiger partial charge < -0.3 is 20.1 Å². The van der Waals surface area contributed by atoms with Gasteiger partial charge in [-0.25, -0.2) is 9.97 Å². The number of nitrogens with one attached hydrogen (secondary N) is 2. The third-order valence-corrected chi connectivity index (χ3v) is 9.19. The Bertz CT molecular complexity index is 1740. The zero-order chi connectivity index (χ0) is 30.2. The molecule has 1 saturated heterocycles. The molecule has 12 heteroatoms. The molecule has 10 nitrogen and oxygen atoms in total. The normalized spacial score (nSPS) is 17.1. The highest BCUT2D eigenvalue weighted by Gasteiger charge is 2.32. The number of aryl methyl sites for hydroxylation is 3. The summed E-state index contributed by atoms with van der Waals surface area (Å²) in [7, 11) is 5.31. The van der Waals surface area contributed by atoms with Crippen LogP contribution >= 0.6 is 11.3 Å². The van der Waals surface area contributed by atoms with Crippen molar-refractivity contribution in [3.8, 4) is 11.3 Å². The number of hydrogen-bond donors (Lipinski definition) is 2. The first-order valence-corrected chi connectivity index (χ1v) is 15.0. The van der Waals surface area contributed by atoms with Crippen LogP contribution in [-0.4, -0.2) is 63.3 Å². The molecule has 2 amide bonds. The number of rotatable bonds is 6. The van der Waals surface area contributed by atoms with Crippen LogP contribution in [0.3, 0.4) is 0 Å². The average Bonchev–Trinajstić information content (AvgIpc) is 3.43. The molecule has 43 heavy (non-hydrogen) atoms. The average molecular weight is 602 g/mol. The number of halogens is 1. The van der Waals surface area contributed by atoms with Gasteiger partial charge in [0.25, 0.3) is 11.5 Å². The maximum Gasteiger partial charge on any atom is 0.293 e. The van der Waals surface area contributed by atoms with Gasteiger partial charge in [0, 0.05) is 55.6 Å². The van der Waals surface area contributed by atoms with Crippen LogP contribution < -0.4 is 16.2 Å². The molecule has 1 aliphatic carbocycles. The maximum atomic E-state index is 14.6. The molecule has 222 valence electrons. The molecule has 0 bridgehead atoms. The fraction of sp³-hybridized carbons (Fsp3) is 0.323. The first kappa shape index (κ1) is 28.7. The van der Waals surface area contributed by atoms with Gasteiger partial charge in [-0.2, -0.15) is 4.39 Å². The van der Waals surface area contributed by atoms with Gasteiger partial charge in [0.2, 0.25) is 11.9 Å². The lowest BCUT2D eigenvalue weighted by Gasteiger charge is -2.37. The van der Waals surface area contributed by atoms with Crippen molar-refractivity contribution in [2.24, 2.45) is 7.05 Å².